The van der Waals surface area contributed by atoms with E-state index in [1.165, 1.54) is 11.8 Å². The maximum atomic E-state index is 13.1. The van der Waals surface area contributed by atoms with E-state index in [9.17, 15) is 4.39 Å². The van der Waals surface area contributed by atoms with Gasteiger partial charge in [0.2, 0.25) is 0 Å². The van der Waals surface area contributed by atoms with E-state index in [1.807, 2.05) is 20.2 Å². The molecule has 0 atom stereocenters. The molecular weight excluding hydrogens is 203 g/mol. The Balaban J connectivity index is 2.56. The number of fused-ring (bicyclic) bond motifs is 1. The third-order valence-electron chi connectivity index (χ3n) is 2.74. The molecule has 16 heavy (non-hydrogen) atoms. The first kappa shape index (κ1) is 11.1. The molecule has 2 rings (SSSR count). The molecule has 0 aliphatic heterocycles. The SMILES string of the molecule is CCn1c(CN(C)C)cc2cc(F)ccc21. The summed E-state index contributed by atoms with van der Waals surface area (Å²) < 4.78 is 15.4. The van der Waals surface area contributed by atoms with Crippen LogP contribution in [-0.2, 0) is 13.1 Å². The van der Waals surface area contributed by atoms with Crippen molar-refractivity contribution in [2.75, 3.05) is 14.1 Å². The van der Waals surface area contributed by atoms with Gasteiger partial charge in [0.25, 0.3) is 0 Å². The van der Waals surface area contributed by atoms with Crippen molar-refractivity contribution in [3.63, 3.8) is 0 Å². The number of benzene rings is 1. The van der Waals surface area contributed by atoms with Crippen molar-refractivity contribution in [2.45, 2.75) is 20.0 Å². The van der Waals surface area contributed by atoms with Crippen molar-refractivity contribution < 1.29 is 4.39 Å². The minimum absolute atomic E-state index is 0.169. The Kier molecular flexibility index (Phi) is 2.97. The summed E-state index contributed by atoms with van der Waals surface area (Å²) in [5.41, 5.74) is 2.34. The molecule has 0 aliphatic rings. The van der Waals surface area contributed by atoms with Gasteiger partial charge in [-0.25, -0.2) is 4.39 Å². The molecule has 2 aromatic rings. The normalized spacial score (nSPS) is 11.6. The minimum Gasteiger partial charge on any atom is -0.344 e. The molecule has 1 aromatic heterocycles. The van der Waals surface area contributed by atoms with Gasteiger partial charge in [0.15, 0.2) is 0 Å². The molecule has 86 valence electrons. The van der Waals surface area contributed by atoms with Crippen LogP contribution in [0.3, 0.4) is 0 Å². The molecule has 0 radical (unpaired) electrons. The van der Waals surface area contributed by atoms with Crippen molar-refractivity contribution in [3.8, 4) is 0 Å². The van der Waals surface area contributed by atoms with Gasteiger partial charge < -0.3 is 9.47 Å². The largest absolute Gasteiger partial charge is 0.344 e. The van der Waals surface area contributed by atoms with Gasteiger partial charge in [-0.15, -0.1) is 0 Å². The fourth-order valence-corrected chi connectivity index (χ4v) is 2.13. The summed E-state index contributed by atoms with van der Waals surface area (Å²) in [5.74, 6) is -0.169. The third kappa shape index (κ3) is 1.95. The van der Waals surface area contributed by atoms with E-state index < -0.39 is 0 Å². The number of rotatable bonds is 3. The molecule has 1 heterocycles. The van der Waals surface area contributed by atoms with Gasteiger partial charge in [-0.05, 0) is 45.3 Å². The number of halogens is 1. The molecular formula is C13H17FN2. The van der Waals surface area contributed by atoms with Gasteiger partial charge in [-0.3, -0.25) is 0 Å². The summed E-state index contributed by atoms with van der Waals surface area (Å²) in [6, 6.07) is 7.05. The second-order valence-corrected chi connectivity index (χ2v) is 4.32. The molecule has 0 N–H and O–H groups in total. The van der Waals surface area contributed by atoms with Crippen LogP contribution >= 0.6 is 0 Å². The zero-order valence-electron chi connectivity index (χ0n) is 10.00. The van der Waals surface area contributed by atoms with E-state index in [1.54, 1.807) is 6.07 Å². The number of aryl methyl sites for hydroxylation is 1. The lowest BCUT2D eigenvalue weighted by Gasteiger charge is -2.12. The van der Waals surface area contributed by atoms with Crippen LogP contribution in [0.1, 0.15) is 12.6 Å². The fourth-order valence-electron chi connectivity index (χ4n) is 2.13. The molecule has 3 heteroatoms. The minimum atomic E-state index is -0.169. The van der Waals surface area contributed by atoms with E-state index in [2.05, 4.69) is 22.5 Å². The highest BCUT2D eigenvalue weighted by Gasteiger charge is 2.08. The molecule has 0 spiro atoms. The first-order chi connectivity index (χ1) is 7.61. The van der Waals surface area contributed by atoms with Crippen molar-refractivity contribution in [2.24, 2.45) is 0 Å². The van der Waals surface area contributed by atoms with E-state index in [-0.39, 0.29) is 5.82 Å². The van der Waals surface area contributed by atoms with Crippen LogP contribution in [-0.4, -0.2) is 23.6 Å². The predicted molar refractivity (Wildman–Crippen MR) is 65.0 cm³/mol. The third-order valence-corrected chi connectivity index (χ3v) is 2.74. The lowest BCUT2D eigenvalue weighted by Crippen LogP contribution is -2.14. The van der Waals surface area contributed by atoms with Gasteiger partial charge >= 0.3 is 0 Å². The Morgan fingerprint density at radius 2 is 2.00 bits per heavy atom. The zero-order valence-corrected chi connectivity index (χ0v) is 10.00. The second-order valence-electron chi connectivity index (χ2n) is 4.32. The molecule has 1 aromatic carbocycles. The van der Waals surface area contributed by atoms with Crippen molar-refractivity contribution in [3.05, 3.63) is 35.8 Å². The van der Waals surface area contributed by atoms with Crippen LogP contribution < -0.4 is 0 Å². The van der Waals surface area contributed by atoms with Gasteiger partial charge in [0, 0.05) is 29.7 Å². The molecule has 0 fully saturated rings. The fraction of sp³-hybridized carbons (Fsp3) is 0.385. The smallest absolute Gasteiger partial charge is 0.123 e. The van der Waals surface area contributed by atoms with Gasteiger partial charge in [-0.1, -0.05) is 0 Å². The standard InChI is InChI=1S/C13H17FN2/c1-4-16-12(9-15(2)3)8-10-7-11(14)5-6-13(10)16/h5-8H,4,9H2,1-3H3. The number of aromatic nitrogens is 1. The number of hydrogen-bond donors (Lipinski definition) is 0. The molecule has 0 bridgehead atoms. The maximum Gasteiger partial charge on any atom is 0.123 e. The summed E-state index contributed by atoms with van der Waals surface area (Å²) in [7, 11) is 4.08. The van der Waals surface area contributed by atoms with Crippen LogP contribution in [0.25, 0.3) is 10.9 Å². The summed E-state index contributed by atoms with van der Waals surface area (Å²) in [4.78, 5) is 2.12. The van der Waals surface area contributed by atoms with Crippen molar-refractivity contribution in [1.29, 1.82) is 0 Å². The van der Waals surface area contributed by atoms with Crippen LogP contribution in [0.4, 0.5) is 4.39 Å². The second kappa shape index (κ2) is 4.26. The summed E-state index contributed by atoms with van der Waals surface area (Å²) in [5, 5.41) is 0.985. The Labute approximate surface area is 95.3 Å². The Bertz CT molecular complexity index is 500. The maximum absolute atomic E-state index is 13.1. The van der Waals surface area contributed by atoms with E-state index in [0.29, 0.717) is 0 Å². The zero-order chi connectivity index (χ0) is 11.7. The molecule has 0 amide bonds. The van der Waals surface area contributed by atoms with Crippen LogP contribution in [0.5, 0.6) is 0 Å². The Morgan fingerprint density at radius 3 is 2.62 bits per heavy atom. The van der Waals surface area contributed by atoms with Crippen LogP contribution in [0, 0.1) is 5.82 Å². The first-order valence-corrected chi connectivity index (χ1v) is 5.54. The number of hydrogen-bond acceptors (Lipinski definition) is 1. The highest BCUT2D eigenvalue weighted by Crippen LogP contribution is 2.21. The van der Waals surface area contributed by atoms with E-state index in [4.69, 9.17) is 0 Å². The molecule has 0 saturated heterocycles. The highest BCUT2D eigenvalue weighted by atomic mass is 19.1. The molecule has 0 aliphatic carbocycles. The van der Waals surface area contributed by atoms with Crippen LogP contribution in [0.15, 0.2) is 24.3 Å². The van der Waals surface area contributed by atoms with E-state index in [0.717, 1.165) is 24.0 Å². The highest BCUT2D eigenvalue weighted by molar-refractivity contribution is 5.81. The molecule has 2 nitrogen and oxygen atoms in total. The van der Waals surface area contributed by atoms with E-state index >= 15 is 0 Å². The van der Waals surface area contributed by atoms with Gasteiger partial charge in [0.05, 0.1) is 0 Å². The van der Waals surface area contributed by atoms with Crippen molar-refractivity contribution in [1.82, 2.24) is 9.47 Å². The van der Waals surface area contributed by atoms with Crippen molar-refractivity contribution >= 4 is 10.9 Å². The monoisotopic (exact) mass is 220 g/mol. The summed E-state index contributed by atoms with van der Waals surface area (Å²) in [6.45, 7) is 3.91. The average Bonchev–Trinajstić information content (AvgIpc) is 2.52. The molecule has 0 unspecified atom stereocenters. The lowest BCUT2D eigenvalue weighted by molar-refractivity contribution is 0.389. The van der Waals surface area contributed by atoms with Crippen LogP contribution in [0.2, 0.25) is 0 Å². The quantitative estimate of drug-likeness (QED) is 0.772. The summed E-state index contributed by atoms with van der Waals surface area (Å²) >= 11 is 0. The topological polar surface area (TPSA) is 8.17 Å². The first-order valence-electron chi connectivity index (χ1n) is 5.54. The summed E-state index contributed by atoms with van der Waals surface area (Å²) in [6.07, 6.45) is 0. The van der Waals surface area contributed by atoms with Gasteiger partial charge in [0.1, 0.15) is 5.82 Å². The Morgan fingerprint density at radius 1 is 1.25 bits per heavy atom. The van der Waals surface area contributed by atoms with Gasteiger partial charge in [-0.2, -0.15) is 0 Å². The number of nitrogens with zero attached hydrogens (tertiary/aromatic N) is 2. The lowest BCUT2D eigenvalue weighted by atomic mass is 10.2. The molecule has 0 saturated carbocycles. The average molecular weight is 220 g/mol. The predicted octanol–water partition coefficient (Wildman–Crippen LogP) is 2.86. The Hall–Kier alpha value is -1.35.